The highest BCUT2D eigenvalue weighted by Gasteiger charge is 2.43. The summed E-state index contributed by atoms with van der Waals surface area (Å²) in [4.78, 5) is 30.8. The Morgan fingerprint density at radius 2 is 1.75 bits per heavy atom. The number of carbonyl (C=O) groups is 2. The summed E-state index contributed by atoms with van der Waals surface area (Å²) in [6.07, 6.45) is 2.32. The zero-order valence-corrected chi connectivity index (χ0v) is 16.6. The van der Waals surface area contributed by atoms with Crippen molar-refractivity contribution in [3.05, 3.63) is 58.9 Å². The molecule has 0 N–H and O–H groups in total. The Balaban J connectivity index is 1.51. The zero-order chi connectivity index (χ0) is 20.1. The third-order valence-electron chi connectivity index (χ3n) is 5.42. The van der Waals surface area contributed by atoms with E-state index in [1.165, 1.54) is 15.4 Å². The van der Waals surface area contributed by atoms with E-state index < -0.39 is 15.9 Å². The van der Waals surface area contributed by atoms with E-state index in [9.17, 15) is 18.0 Å². The number of hydrogen-bond acceptors (Lipinski definition) is 5. The number of fused-ring (bicyclic) bond motifs is 1. The van der Waals surface area contributed by atoms with Crippen LogP contribution in [-0.4, -0.2) is 53.6 Å². The Kier molecular flexibility index (Phi) is 4.55. The number of sulfonamides is 1. The van der Waals surface area contributed by atoms with Crippen molar-refractivity contribution in [2.24, 2.45) is 0 Å². The number of aryl methyl sites for hydroxylation is 2. The van der Waals surface area contributed by atoms with Crippen molar-refractivity contribution in [1.82, 2.24) is 14.2 Å². The Hall–Kier alpha value is -2.58. The van der Waals surface area contributed by atoms with Gasteiger partial charge in [-0.15, -0.1) is 0 Å². The number of piperidine rings is 1. The second kappa shape index (κ2) is 6.79. The summed E-state index contributed by atoms with van der Waals surface area (Å²) in [6.45, 7) is 4.24. The molecule has 0 saturated carbocycles. The third-order valence-corrected chi connectivity index (χ3v) is 7.47. The van der Waals surface area contributed by atoms with E-state index in [0.29, 0.717) is 28.9 Å². The van der Waals surface area contributed by atoms with Crippen LogP contribution in [0.15, 0.2) is 41.4 Å². The van der Waals surface area contributed by atoms with Gasteiger partial charge in [-0.05, 0) is 50.5 Å². The summed E-state index contributed by atoms with van der Waals surface area (Å²) in [5, 5.41) is 0. The minimum absolute atomic E-state index is 0.179. The van der Waals surface area contributed by atoms with Crippen LogP contribution >= 0.6 is 0 Å². The molecule has 7 nitrogen and oxygen atoms in total. The molecule has 1 fully saturated rings. The molecule has 1 aromatic carbocycles. The van der Waals surface area contributed by atoms with Crippen LogP contribution in [0.5, 0.6) is 0 Å². The molecule has 0 radical (unpaired) electrons. The van der Waals surface area contributed by atoms with Gasteiger partial charge in [0.1, 0.15) is 5.69 Å². The van der Waals surface area contributed by atoms with Crippen molar-refractivity contribution in [3.8, 4) is 0 Å². The summed E-state index contributed by atoms with van der Waals surface area (Å²) < 4.78 is 27.5. The molecule has 2 aromatic rings. The fourth-order valence-electron chi connectivity index (χ4n) is 3.98. The summed E-state index contributed by atoms with van der Waals surface area (Å²) in [5.74, 6) is -0.736. The zero-order valence-electron chi connectivity index (χ0n) is 15.8. The molecule has 0 atom stereocenters. The van der Waals surface area contributed by atoms with Gasteiger partial charge in [0.2, 0.25) is 10.0 Å². The average molecular weight is 399 g/mol. The minimum atomic E-state index is -3.60. The SMILES string of the molecule is Cc1ccc(S(=O)(=O)N2CCC(N3C(=O)c4cccnc4C3=O)CC2)c(C)c1. The molecule has 2 aliphatic rings. The first-order chi connectivity index (χ1) is 13.3. The Morgan fingerprint density at radius 3 is 2.39 bits per heavy atom. The minimum Gasteiger partial charge on any atom is -0.270 e. The lowest BCUT2D eigenvalue weighted by Crippen LogP contribution is -2.48. The van der Waals surface area contributed by atoms with Gasteiger partial charge < -0.3 is 0 Å². The maximum Gasteiger partial charge on any atom is 0.280 e. The van der Waals surface area contributed by atoms with Crippen LogP contribution in [0.1, 0.15) is 44.8 Å². The summed E-state index contributed by atoms with van der Waals surface area (Å²) in [7, 11) is -3.60. The topological polar surface area (TPSA) is 87.7 Å². The van der Waals surface area contributed by atoms with E-state index in [4.69, 9.17) is 0 Å². The molecule has 0 unspecified atom stereocenters. The molecule has 28 heavy (non-hydrogen) atoms. The van der Waals surface area contributed by atoms with Gasteiger partial charge in [0.05, 0.1) is 10.5 Å². The first kappa shape index (κ1) is 18.8. The van der Waals surface area contributed by atoms with E-state index in [-0.39, 0.29) is 30.7 Å². The smallest absolute Gasteiger partial charge is 0.270 e. The van der Waals surface area contributed by atoms with Gasteiger partial charge in [-0.1, -0.05) is 17.7 Å². The number of hydrogen-bond donors (Lipinski definition) is 0. The number of benzene rings is 1. The van der Waals surface area contributed by atoms with Gasteiger partial charge in [-0.25, -0.2) is 8.42 Å². The molecule has 1 saturated heterocycles. The molecular weight excluding hydrogens is 378 g/mol. The highest BCUT2D eigenvalue weighted by Crippen LogP contribution is 2.30. The molecule has 8 heteroatoms. The maximum atomic E-state index is 13.0. The molecule has 0 aliphatic carbocycles. The molecular formula is C20H21N3O4S. The Bertz CT molecular complexity index is 1040. The quantitative estimate of drug-likeness (QED) is 0.738. The summed E-state index contributed by atoms with van der Waals surface area (Å²) >= 11 is 0. The standard InChI is InChI=1S/C20H21N3O4S/c1-13-5-6-17(14(2)12-13)28(26,27)22-10-7-15(8-11-22)23-19(24)16-4-3-9-21-18(16)20(23)25/h3-6,9,12,15H,7-8,10-11H2,1-2H3. The fraction of sp³-hybridized carbons (Fsp3) is 0.350. The number of rotatable bonds is 3. The van der Waals surface area contributed by atoms with Crippen LogP contribution in [0.2, 0.25) is 0 Å². The van der Waals surface area contributed by atoms with Crippen LogP contribution in [0, 0.1) is 13.8 Å². The first-order valence-electron chi connectivity index (χ1n) is 9.21. The molecule has 146 valence electrons. The van der Waals surface area contributed by atoms with E-state index in [0.717, 1.165) is 5.56 Å². The number of amides is 2. The monoisotopic (exact) mass is 399 g/mol. The van der Waals surface area contributed by atoms with E-state index in [1.54, 1.807) is 31.2 Å². The molecule has 3 heterocycles. The lowest BCUT2D eigenvalue weighted by molar-refractivity contribution is 0.0534. The molecule has 0 spiro atoms. The highest BCUT2D eigenvalue weighted by molar-refractivity contribution is 7.89. The van der Waals surface area contributed by atoms with Gasteiger partial charge in [0, 0.05) is 25.3 Å². The molecule has 4 rings (SSSR count). The van der Waals surface area contributed by atoms with Crippen molar-refractivity contribution in [2.75, 3.05) is 13.1 Å². The molecule has 0 bridgehead atoms. The fourth-order valence-corrected chi connectivity index (χ4v) is 5.66. The van der Waals surface area contributed by atoms with Crippen molar-refractivity contribution in [1.29, 1.82) is 0 Å². The van der Waals surface area contributed by atoms with Crippen LogP contribution in [0.25, 0.3) is 0 Å². The van der Waals surface area contributed by atoms with Crippen LogP contribution in [-0.2, 0) is 10.0 Å². The van der Waals surface area contributed by atoms with Crippen LogP contribution < -0.4 is 0 Å². The number of aromatic nitrogens is 1. The highest BCUT2D eigenvalue weighted by atomic mass is 32.2. The third kappa shape index (κ3) is 2.93. The van der Waals surface area contributed by atoms with Gasteiger partial charge >= 0.3 is 0 Å². The predicted molar refractivity (Wildman–Crippen MR) is 102 cm³/mol. The second-order valence-electron chi connectivity index (χ2n) is 7.28. The Morgan fingerprint density at radius 1 is 1.04 bits per heavy atom. The number of pyridine rings is 1. The lowest BCUT2D eigenvalue weighted by Gasteiger charge is -2.35. The molecule has 2 aliphatic heterocycles. The normalized spacial score (nSPS) is 18.6. The first-order valence-corrected chi connectivity index (χ1v) is 10.6. The van der Waals surface area contributed by atoms with Gasteiger partial charge in [-0.3, -0.25) is 19.5 Å². The van der Waals surface area contributed by atoms with Crippen molar-refractivity contribution >= 4 is 21.8 Å². The van der Waals surface area contributed by atoms with Crippen molar-refractivity contribution < 1.29 is 18.0 Å². The largest absolute Gasteiger partial charge is 0.280 e. The Labute approximate surface area is 164 Å². The second-order valence-corrected chi connectivity index (χ2v) is 9.19. The molecule has 2 amide bonds. The van der Waals surface area contributed by atoms with E-state index >= 15 is 0 Å². The van der Waals surface area contributed by atoms with Crippen LogP contribution in [0.4, 0.5) is 0 Å². The number of imide groups is 1. The molecule has 1 aromatic heterocycles. The predicted octanol–water partition coefficient (Wildman–Crippen LogP) is 2.15. The van der Waals surface area contributed by atoms with Gasteiger partial charge in [0.25, 0.3) is 11.8 Å². The van der Waals surface area contributed by atoms with Crippen molar-refractivity contribution in [2.45, 2.75) is 37.6 Å². The average Bonchev–Trinajstić information content (AvgIpc) is 2.92. The summed E-state index contributed by atoms with van der Waals surface area (Å²) in [5.41, 5.74) is 2.22. The van der Waals surface area contributed by atoms with Crippen LogP contribution in [0.3, 0.4) is 0 Å². The lowest BCUT2D eigenvalue weighted by atomic mass is 10.1. The number of nitrogens with zero attached hydrogens (tertiary/aromatic N) is 3. The van der Waals surface area contributed by atoms with Gasteiger partial charge in [0.15, 0.2) is 0 Å². The van der Waals surface area contributed by atoms with E-state index in [1.807, 2.05) is 13.0 Å². The summed E-state index contributed by atoms with van der Waals surface area (Å²) in [6, 6.07) is 8.19. The number of carbonyl (C=O) groups excluding carboxylic acids is 2. The van der Waals surface area contributed by atoms with E-state index in [2.05, 4.69) is 4.98 Å². The maximum absolute atomic E-state index is 13.0. The van der Waals surface area contributed by atoms with Gasteiger partial charge in [-0.2, -0.15) is 4.31 Å². The van der Waals surface area contributed by atoms with Crippen molar-refractivity contribution in [3.63, 3.8) is 0 Å².